The monoisotopic (exact) mass is 442 g/mol. The van der Waals surface area contributed by atoms with Crippen molar-refractivity contribution in [3.05, 3.63) is 82.3 Å². The van der Waals surface area contributed by atoms with E-state index in [0.29, 0.717) is 17.7 Å². The summed E-state index contributed by atoms with van der Waals surface area (Å²) in [6.45, 7) is 0.276. The summed E-state index contributed by atoms with van der Waals surface area (Å²) < 4.78 is 16.3. The molecule has 0 fully saturated rings. The van der Waals surface area contributed by atoms with Crippen LogP contribution in [0.15, 0.2) is 70.6 Å². The van der Waals surface area contributed by atoms with Gasteiger partial charge in [-0.15, -0.1) is 0 Å². The molecule has 1 atom stereocenters. The van der Waals surface area contributed by atoms with Gasteiger partial charge in [-0.1, -0.05) is 51.4 Å². The first kappa shape index (κ1) is 18.4. The zero-order valence-corrected chi connectivity index (χ0v) is 16.3. The average Bonchev–Trinajstić information content (AvgIpc) is 3.33. The molecule has 3 aromatic rings. The summed E-state index contributed by atoms with van der Waals surface area (Å²) >= 11 is 3.42. The Morgan fingerprint density at radius 1 is 1.29 bits per heavy atom. The van der Waals surface area contributed by atoms with Crippen LogP contribution in [-0.4, -0.2) is 27.5 Å². The van der Waals surface area contributed by atoms with Crippen LogP contribution >= 0.6 is 15.9 Å². The van der Waals surface area contributed by atoms with E-state index in [0.717, 1.165) is 15.7 Å². The summed E-state index contributed by atoms with van der Waals surface area (Å²) in [6.07, 6.45) is 2.84. The van der Waals surface area contributed by atoms with Crippen LogP contribution in [-0.2, 0) is 16.2 Å². The molecule has 2 aromatic carbocycles. The minimum atomic E-state index is -0.705. The summed E-state index contributed by atoms with van der Waals surface area (Å²) in [5.74, 6) is -0.598. The van der Waals surface area contributed by atoms with E-state index in [-0.39, 0.29) is 18.3 Å². The van der Waals surface area contributed by atoms with Gasteiger partial charge in [0.15, 0.2) is 0 Å². The van der Waals surface area contributed by atoms with E-state index in [1.165, 1.54) is 12.3 Å². The molecule has 1 amide bonds. The highest BCUT2D eigenvalue weighted by Crippen LogP contribution is 2.21. The Morgan fingerprint density at radius 2 is 2.14 bits per heavy atom. The smallest absolute Gasteiger partial charge is 0.268 e. The molecular weight excluding hydrogens is 427 g/mol. The van der Waals surface area contributed by atoms with E-state index in [1.807, 2.05) is 24.3 Å². The van der Waals surface area contributed by atoms with E-state index in [9.17, 15) is 9.18 Å². The third-order valence-corrected chi connectivity index (χ3v) is 4.80. The molecule has 8 heteroatoms. The van der Waals surface area contributed by atoms with Crippen LogP contribution in [0.5, 0.6) is 0 Å². The molecule has 6 nitrogen and oxygen atoms in total. The van der Waals surface area contributed by atoms with Crippen LogP contribution in [0.4, 0.5) is 10.1 Å². The van der Waals surface area contributed by atoms with Gasteiger partial charge in [0.2, 0.25) is 6.10 Å². The van der Waals surface area contributed by atoms with Crippen molar-refractivity contribution >= 4 is 33.2 Å². The molecule has 1 aliphatic rings. The highest BCUT2D eigenvalue weighted by Gasteiger charge is 2.29. The lowest BCUT2D eigenvalue weighted by molar-refractivity contribution is -0.125. The van der Waals surface area contributed by atoms with Crippen molar-refractivity contribution in [1.29, 1.82) is 0 Å². The van der Waals surface area contributed by atoms with E-state index >= 15 is 0 Å². The van der Waals surface area contributed by atoms with Crippen LogP contribution in [0, 0.1) is 5.82 Å². The molecule has 142 valence electrons. The number of nitrogens with zero attached hydrogens (tertiary/aromatic N) is 3. The van der Waals surface area contributed by atoms with Crippen molar-refractivity contribution in [3.63, 3.8) is 0 Å². The number of rotatable bonds is 5. The van der Waals surface area contributed by atoms with Crippen molar-refractivity contribution in [1.82, 2.24) is 9.78 Å². The lowest BCUT2D eigenvalue weighted by Crippen LogP contribution is -2.27. The maximum absolute atomic E-state index is 13.8. The highest BCUT2D eigenvalue weighted by molar-refractivity contribution is 9.10. The minimum Gasteiger partial charge on any atom is -0.382 e. The Morgan fingerprint density at radius 3 is 2.96 bits per heavy atom. The first-order valence-electron chi connectivity index (χ1n) is 8.64. The van der Waals surface area contributed by atoms with Gasteiger partial charge in [0.25, 0.3) is 5.91 Å². The van der Waals surface area contributed by atoms with Crippen LogP contribution in [0.25, 0.3) is 0 Å². The molecule has 2 heterocycles. The van der Waals surface area contributed by atoms with Gasteiger partial charge in [-0.3, -0.25) is 9.48 Å². The van der Waals surface area contributed by atoms with Gasteiger partial charge in [0, 0.05) is 28.2 Å². The summed E-state index contributed by atoms with van der Waals surface area (Å²) in [5.41, 5.74) is 2.66. The Balaban J connectivity index is 1.36. The van der Waals surface area contributed by atoms with Crippen molar-refractivity contribution in [2.24, 2.45) is 5.16 Å². The summed E-state index contributed by atoms with van der Waals surface area (Å²) in [4.78, 5) is 17.8. The largest absolute Gasteiger partial charge is 0.382 e. The van der Waals surface area contributed by atoms with E-state index in [1.54, 1.807) is 29.1 Å². The standard InChI is InChI=1S/C20H16BrFN4O2/c21-15-6-3-5-13(8-15)18-9-19(28-25-18)20(27)24-16-10-23-26(12-16)11-14-4-1-2-7-17(14)22/h1-8,10,12,19H,9,11H2,(H,24,27). The number of benzene rings is 2. The van der Waals surface area contributed by atoms with Gasteiger partial charge in [-0.05, 0) is 18.2 Å². The second-order valence-electron chi connectivity index (χ2n) is 6.35. The Labute approximate surface area is 169 Å². The Hall–Kier alpha value is -3.00. The maximum Gasteiger partial charge on any atom is 0.268 e. The topological polar surface area (TPSA) is 68.5 Å². The van der Waals surface area contributed by atoms with Crippen molar-refractivity contribution < 1.29 is 14.0 Å². The number of hydrogen-bond acceptors (Lipinski definition) is 4. The molecule has 28 heavy (non-hydrogen) atoms. The SMILES string of the molecule is O=C(Nc1cnn(Cc2ccccc2F)c1)C1CC(c2cccc(Br)c2)=NO1. The molecule has 0 saturated carbocycles. The molecule has 0 bridgehead atoms. The predicted molar refractivity (Wildman–Crippen MR) is 107 cm³/mol. The average molecular weight is 443 g/mol. The quantitative estimate of drug-likeness (QED) is 0.649. The molecule has 0 aliphatic carbocycles. The number of carbonyl (C=O) groups excluding carboxylic acids is 1. The number of anilines is 1. The molecule has 0 saturated heterocycles. The van der Waals surface area contributed by atoms with Crippen LogP contribution in [0.3, 0.4) is 0 Å². The molecular formula is C20H16BrFN4O2. The third-order valence-electron chi connectivity index (χ3n) is 4.31. The number of oxime groups is 1. The summed E-state index contributed by atoms with van der Waals surface area (Å²) in [7, 11) is 0. The fourth-order valence-electron chi connectivity index (χ4n) is 2.89. The highest BCUT2D eigenvalue weighted by atomic mass is 79.9. The number of hydrogen-bond donors (Lipinski definition) is 1. The Kier molecular flexibility index (Phi) is 5.21. The van der Waals surface area contributed by atoms with Gasteiger partial charge in [0.1, 0.15) is 5.82 Å². The van der Waals surface area contributed by atoms with E-state index in [2.05, 4.69) is 31.5 Å². The molecule has 0 radical (unpaired) electrons. The van der Waals surface area contributed by atoms with Gasteiger partial charge in [-0.2, -0.15) is 5.10 Å². The number of aromatic nitrogens is 2. The number of carbonyl (C=O) groups is 1. The zero-order valence-electron chi connectivity index (χ0n) is 14.7. The number of amides is 1. The molecule has 1 N–H and O–H groups in total. The first-order valence-corrected chi connectivity index (χ1v) is 9.43. The van der Waals surface area contributed by atoms with Crippen LogP contribution in [0.1, 0.15) is 17.5 Å². The lowest BCUT2D eigenvalue weighted by Gasteiger charge is -2.07. The molecule has 1 aliphatic heterocycles. The number of halogens is 2. The second kappa shape index (κ2) is 7.93. The second-order valence-corrected chi connectivity index (χ2v) is 7.27. The van der Waals surface area contributed by atoms with E-state index < -0.39 is 6.10 Å². The number of nitrogens with one attached hydrogen (secondary N) is 1. The zero-order chi connectivity index (χ0) is 19.5. The maximum atomic E-state index is 13.8. The fraction of sp³-hybridized carbons (Fsp3) is 0.150. The predicted octanol–water partition coefficient (Wildman–Crippen LogP) is 3.96. The minimum absolute atomic E-state index is 0.276. The van der Waals surface area contributed by atoms with Crippen molar-refractivity contribution in [2.45, 2.75) is 19.1 Å². The van der Waals surface area contributed by atoms with Crippen molar-refractivity contribution in [3.8, 4) is 0 Å². The van der Waals surface area contributed by atoms with Gasteiger partial charge in [0.05, 0.1) is 24.1 Å². The molecule has 1 aromatic heterocycles. The first-order chi connectivity index (χ1) is 13.6. The molecule has 0 spiro atoms. The lowest BCUT2D eigenvalue weighted by atomic mass is 10.0. The van der Waals surface area contributed by atoms with Gasteiger partial charge in [-0.25, -0.2) is 4.39 Å². The fourth-order valence-corrected chi connectivity index (χ4v) is 3.29. The summed E-state index contributed by atoms with van der Waals surface area (Å²) in [5, 5.41) is 11.0. The Bertz CT molecular complexity index is 1050. The van der Waals surface area contributed by atoms with Crippen molar-refractivity contribution in [2.75, 3.05) is 5.32 Å². The van der Waals surface area contributed by atoms with Crippen LogP contribution < -0.4 is 5.32 Å². The molecule has 1 unspecified atom stereocenters. The summed E-state index contributed by atoms with van der Waals surface area (Å²) in [6, 6.07) is 14.2. The third kappa shape index (κ3) is 4.12. The molecule has 4 rings (SSSR count). The van der Waals surface area contributed by atoms with Gasteiger partial charge >= 0.3 is 0 Å². The normalized spacial score (nSPS) is 15.8. The van der Waals surface area contributed by atoms with Crippen LogP contribution in [0.2, 0.25) is 0 Å². The van der Waals surface area contributed by atoms with Gasteiger partial charge < -0.3 is 10.2 Å². The van der Waals surface area contributed by atoms with E-state index in [4.69, 9.17) is 4.84 Å².